The maximum Gasteiger partial charge on any atom is 0.164 e. The fraction of sp³-hybridized carbons (Fsp3) is 0.273. The zero-order valence-corrected chi connectivity index (χ0v) is 22.2. The molecule has 202 valence electrons. The Morgan fingerprint density at radius 1 is 0.850 bits per heavy atom. The number of ether oxygens (including phenoxy) is 1. The zero-order chi connectivity index (χ0) is 27.2. The predicted molar refractivity (Wildman–Crippen MR) is 153 cm³/mol. The first kappa shape index (κ1) is 24.8. The van der Waals surface area contributed by atoms with E-state index in [0.29, 0.717) is 34.7 Å². The second-order valence-corrected chi connectivity index (χ2v) is 11.1. The minimum absolute atomic E-state index is 0.237. The topological polar surface area (TPSA) is 62.8 Å². The number of hydrogen-bond donors (Lipinski definition) is 2. The van der Waals surface area contributed by atoms with Crippen molar-refractivity contribution in [3.8, 4) is 34.1 Å². The van der Waals surface area contributed by atoms with Gasteiger partial charge in [-0.1, -0.05) is 25.1 Å². The smallest absolute Gasteiger partial charge is 0.164 e. The van der Waals surface area contributed by atoms with E-state index in [1.807, 2.05) is 60.7 Å². The Labute approximate surface area is 231 Å². The molecule has 2 N–H and O–H groups in total. The number of fused-ring (bicyclic) bond motifs is 4. The van der Waals surface area contributed by atoms with E-state index in [1.54, 1.807) is 6.20 Å². The highest BCUT2D eigenvalue weighted by atomic mass is 19.1. The molecule has 2 heterocycles. The van der Waals surface area contributed by atoms with Crippen molar-refractivity contribution in [1.82, 2.24) is 15.0 Å². The van der Waals surface area contributed by atoms with Crippen LogP contribution in [0.4, 0.5) is 14.6 Å². The summed E-state index contributed by atoms with van der Waals surface area (Å²) < 4.78 is 34.7. The fourth-order valence-electron chi connectivity index (χ4n) is 6.62. The summed E-state index contributed by atoms with van der Waals surface area (Å²) in [5, 5.41) is 4.17. The van der Waals surface area contributed by atoms with Crippen molar-refractivity contribution in [2.24, 2.45) is 17.8 Å². The molecule has 3 saturated carbocycles. The van der Waals surface area contributed by atoms with E-state index >= 15 is 0 Å². The van der Waals surface area contributed by atoms with Crippen molar-refractivity contribution in [1.29, 1.82) is 0 Å². The molecular weight excluding hydrogens is 506 g/mol. The van der Waals surface area contributed by atoms with Crippen LogP contribution in [0, 0.1) is 29.4 Å². The van der Waals surface area contributed by atoms with Crippen molar-refractivity contribution in [3.63, 3.8) is 0 Å². The second-order valence-electron chi connectivity index (χ2n) is 11.1. The molecular formula is C33H30F2N4O. The zero-order valence-electron chi connectivity index (χ0n) is 22.2. The van der Waals surface area contributed by atoms with Gasteiger partial charge in [-0.2, -0.15) is 0 Å². The standard InChI is InChI=1S/C33H30F2N4O/c1-19-20-7-9-22(10-8-20)31(19)38-30-17-29(21-11-13-25(14-12-21)40-24-5-3-2-4-6-24)37-33(39-30)27-18-36-32-26(27)15-23(34)16-28(32)35/h2-6,11-20,22,31,36H,7-10H2,1H3,(H,37,38,39)/t19-,20?,22?,31+/m0/s1. The lowest BCUT2D eigenvalue weighted by atomic mass is 9.62. The summed E-state index contributed by atoms with van der Waals surface area (Å²) in [5.74, 6) is 3.25. The summed E-state index contributed by atoms with van der Waals surface area (Å²) in [6.07, 6.45) is 6.73. The fourth-order valence-corrected chi connectivity index (χ4v) is 6.62. The van der Waals surface area contributed by atoms with Crippen LogP contribution in [0.25, 0.3) is 33.5 Å². The Hall–Kier alpha value is -4.26. The van der Waals surface area contributed by atoms with Gasteiger partial charge in [-0.3, -0.25) is 0 Å². The van der Waals surface area contributed by atoms with Crippen molar-refractivity contribution >= 4 is 16.7 Å². The number of nitrogens with zero attached hydrogens (tertiary/aromatic N) is 2. The first-order chi connectivity index (χ1) is 19.5. The van der Waals surface area contributed by atoms with Crippen LogP contribution < -0.4 is 10.1 Å². The third-order valence-electron chi connectivity index (χ3n) is 8.75. The molecule has 8 rings (SSSR count). The largest absolute Gasteiger partial charge is 0.457 e. The van der Waals surface area contributed by atoms with Crippen LogP contribution in [-0.4, -0.2) is 21.0 Å². The lowest BCUT2D eigenvalue weighted by Crippen LogP contribution is -2.47. The monoisotopic (exact) mass is 536 g/mol. The Morgan fingerprint density at radius 3 is 2.33 bits per heavy atom. The molecule has 2 bridgehead atoms. The lowest BCUT2D eigenvalue weighted by molar-refractivity contribution is 0.0928. The average Bonchev–Trinajstić information content (AvgIpc) is 3.40. The van der Waals surface area contributed by atoms with E-state index < -0.39 is 11.6 Å². The molecule has 0 unspecified atom stereocenters. The summed E-state index contributed by atoms with van der Waals surface area (Å²) in [6, 6.07) is 21.9. The van der Waals surface area contributed by atoms with Gasteiger partial charge in [-0.05, 0) is 85.9 Å². The molecule has 0 spiro atoms. The number of halogens is 2. The minimum atomic E-state index is -0.642. The molecule has 0 aliphatic heterocycles. The molecule has 3 aliphatic rings. The van der Waals surface area contributed by atoms with Gasteiger partial charge < -0.3 is 15.0 Å². The van der Waals surface area contributed by atoms with Crippen LogP contribution in [0.3, 0.4) is 0 Å². The van der Waals surface area contributed by atoms with E-state index in [0.717, 1.165) is 40.6 Å². The molecule has 3 fully saturated rings. The Kier molecular flexibility index (Phi) is 6.22. The van der Waals surface area contributed by atoms with Crippen LogP contribution in [0.2, 0.25) is 0 Å². The van der Waals surface area contributed by atoms with Gasteiger partial charge in [0.2, 0.25) is 0 Å². The van der Waals surface area contributed by atoms with Crippen LogP contribution in [0.5, 0.6) is 11.5 Å². The molecule has 2 aromatic heterocycles. The number of anilines is 1. The molecule has 7 heteroatoms. The molecule has 0 saturated heterocycles. The van der Waals surface area contributed by atoms with Gasteiger partial charge in [0, 0.05) is 40.9 Å². The van der Waals surface area contributed by atoms with Gasteiger partial charge in [0.15, 0.2) is 5.82 Å². The lowest BCUT2D eigenvalue weighted by Gasteiger charge is -2.47. The van der Waals surface area contributed by atoms with E-state index in [9.17, 15) is 8.78 Å². The van der Waals surface area contributed by atoms with Gasteiger partial charge in [-0.25, -0.2) is 18.7 Å². The minimum Gasteiger partial charge on any atom is -0.457 e. The first-order valence-corrected chi connectivity index (χ1v) is 14.0. The number of benzene rings is 3. The molecule has 40 heavy (non-hydrogen) atoms. The highest BCUT2D eigenvalue weighted by Crippen LogP contribution is 2.46. The average molecular weight is 537 g/mol. The summed E-state index contributed by atoms with van der Waals surface area (Å²) in [5.41, 5.74) is 2.40. The van der Waals surface area contributed by atoms with E-state index in [1.165, 1.54) is 31.7 Å². The van der Waals surface area contributed by atoms with Gasteiger partial charge in [0.25, 0.3) is 0 Å². The van der Waals surface area contributed by atoms with Crippen LogP contribution in [0.1, 0.15) is 32.6 Å². The van der Waals surface area contributed by atoms with Crippen molar-refractivity contribution in [3.05, 3.63) is 90.6 Å². The molecule has 3 aliphatic carbocycles. The van der Waals surface area contributed by atoms with Gasteiger partial charge in [0.1, 0.15) is 29.0 Å². The van der Waals surface area contributed by atoms with Crippen molar-refractivity contribution in [2.75, 3.05) is 5.32 Å². The van der Waals surface area contributed by atoms with Crippen LogP contribution in [0.15, 0.2) is 79.0 Å². The number of para-hydroxylation sites is 1. The third kappa shape index (κ3) is 4.59. The second kappa shape index (κ2) is 10.0. The predicted octanol–water partition coefficient (Wildman–Crippen LogP) is 8.60. The Morgan fingerprint density at radius 2 is 1.57 bits per heavy atom. The number of aromatic nitrogens is 3. The number of rotatable bonds is 6. The van der Waals surface area contributed by atoms with Crippen LogP contribution in [-0.2, 0) is 0 Å². The SMILES string of the molecule is C[C@H]1C2CCC(CC2)[C@@H]1Nc1cc(-c2ccc(Oc3ccccc3)cc2)nc(-c2c[nH]c3c(F)cc(F)cc23)n1. The summed E-state index contributed by atoms with van der Waals surface area (Å²) in [6.45, 7) is 2.34. The number of nitrogens with one attached hydrogen (secondary N) is 2. The molecule has 5 nitrogen and oxygen atoms in total. The maximum atomic E-state index is 14.5. The van der Waals surface area contributed by atoms with Crippen LogP contribution >= 0.6 is 0 Å². The summed E-state index contributed by atoms with van der Waals surface area (Å²) >= 11 is 0. The van der Waals surface area contributed by atoms with Gasteiger partial charge in [-0.15, -0.1) is 0 Å². The number of hydrogen-bond acceptors (Lipinski definition) is 4. The van der Waals surface area contributed by atoms with E-state index in [4.69, 9.17) is 14.7 Å². The quantitative estimate of drug-likeness (QED) is 0.228. The van der Waals surface area contributed by atoms with E-state index in [2.05, 4.69) is 17.2 Å². The third-order valence-corrected chi connectivity index (χ3v) is 8.75. The molecule has 0 radical (unpaired) electrons. The van der Waals surface area contributed by atoms with Crippen molar-refractivity contribution < 1.29 is 13.5 Å². The Balaban J connectivity index is 1.28. The summed E-state index contributed by atoms with van der Waals surface area (Å²) in [7, 11) is 0. The molecule has 2 atom stereocenters. The first-order valence-electron chi connectivity index (χ1n) is 14.0. The summed E-state index contributed by atoms with van der Waals surface area (Å²) in [4.78, 5) is 12.7. The van der Waals surface area contributed by atoms with Crippen molar-refractivity contribution in [2.45, 2.75) is 38.6 Å². The number of aromatic amines is 1. The van der Waals surface area contributed by atoms with Gasteiger partial charge in [0.05, 0.1) is 11.2 Å². The normalized spacial score (nSPS) is 22.0. The molecule has 3 aromatic carbocycles. The highest BCUT2D eigenvalue weighted by Gasteiger charge is 2.41. The van der Waals surface area contributed by atoms with Gasteiger partial charge >= 0.3 is 0 Å². The Bertz CT molecular complexity index is 1660. The molecule has 5 aromatic rings. The molecule has 0 amide bonds. The van der Waals surface area contributed by atoms with E-state index in [-0.39, 0.29) is 5.52 Å². The maximum absolute atomic E-state index is 14.5. The highest BCUT2D eigenvalue weighted by molar-refractivity contribution is 5.94. The number of H-pyrrole nitrogens is 1.